The summed E-state index contributed by atoms with van der Waals surface area (Å²) in [5.41, 5.74) is 2.88. The van der Waals surface area contributed by atoms with Crippen LogP contribution in [0.1, 0.15) is 12.6 Å². The summed E-state index contributed by atoms with van der Waals surface area (Å²) in [6.45, 7) is 11.4. The van der Waals surface area contributed by atoms with Gasteiger partial charge in [0.25, 0.3) is 0 Å². The van der Waals surface area contributed by atoms with Crippen LogP contribution in [0.15, 0.2) is 71.0 Å². The molecule has 2 rings (SSSR count). The van der Waals surface area contributed by atoms with E-state index in [0.29, 0.717) is 24.4 Å². The van der Waals surface area contributed by atoms with Crippen LogP contribution in [-0.4, -0.2) is 42.0 Å². The molecule has 0 spiro atoms. The molecule has 1 aromatic heterocycles. The maximum Gasteiger partial charge on any atom is 0.187 e. The summed E-state index contributed by atoms with van der Waals surface area (Å²) in [6, 6.07) is 5.66. The van der Waals surface area contributed by atoms with Crippen molar-refractivity contribution in [3.63, 3.8) is 0 Å². The van der Waals surface area contributed by atoms with E-state index in [2.05, 4.69) is 35.1 Å². The Kier molecular flexibility index (Phi) is 5.94. The van der Waals surface area contributed by atoms with Crippen LogP contribution < -0.4 is 0 Å². The standard InChI is InChI=1S/C19H21N3O/c1-4-8-17(20-3)11-15-13-22(5-2)14-16(19(15)23)12-18-9-6-7-10-21-18/h4,6-12H,1,3,5,13-14H2,2H3/b15-11+,16-12+,17-8-. The summed E-state index contributed by atoms with van der Waals surface area (Å²) < 4.78 is 0. The maximum absolute atomic E-state index is 12.7. The van der Waals surface area contributed by atoms with Gasteiger partial charge in [0.1, 0.15) is 0 Å². The number of hydrogen-bond acceptors (Lipinski definition) is 4. The minimum atomic E-state index is 0.0407. The molecule has 0 amide bonds. The van der Waals surface area contributed by atoms with Gasteiger partial charge in [0.15, 0.2) is 5.78 Å². The van der Waals surface area contributed by atoms with Crippen molar-refractivity contribution in [1.29, 1.82) is 0 Å². The van der Waals surface area contributed by atoms with Gasteiger partial charge in [-0.2, -0.15) is 0 Å². The number of nitrogens with zero attached hydrogens (tertiary/aromatic N) is 3. The SMILES string of the molecule is C=C/C=C(/C=C1\CN(CC)C/C(=C\c2ccccn2)C1=O)N=C. The van der Waals surface area contributed by atoms with Gasteiger partial charge < -0.3 is 0 Å². The van der Waals surface area contributed by atoms with Crippen molar-refractivity contribution in [3.05, 3.63) is 71.7 Å². The molecule has 1 fully saturated rings. The van der Waals surface area contributed by atoms with E-state index in [1.165, 1.54) is 0 Å². The zero-order chi connectivity index (χ0) is 16.7. The van der Waals surface area contributed by atoms with Gasteiger partial charge in [-0.15, -0.1) is 0 Å². The number of likely N-dealkylation sites (tertiary alicyclic amines) is 1. The van der Waals surface area contributed by atoms with Crippen LogP contribution >= 0.6 is 0 Å². The van der Waals surface area contributed by atoms with Crippen LogP contribution in [0, 0.1) is 0 Å². The Morgan fingerprint density at radius 1 is 1.39 bits per heavy atom. The largest absolute Gasteiger partial charge is 0.295 e. The van der Waals surface area contributed by atoms with Gasteiger partial charge in [-0.25, -0.2) is 0 Å². The molecule has 1 saturated heterocycles. The summed E-state index contributed by atoms with van der Waals surface area (Å²) in [6.07, 6.45) is 8.73. The van der Waals surface area contributed by atoms with Crippen molar-refractivity contribution in [1.82, 2.24) is 9.88 Å². The first-order valence-corrected chi connectivity index (χ1v) is 7.56. The van der Waals surface area contributed by atoms with Crippen molar-refractivity contribution in [2.75, 3.05) is 19.6 Å². The van der Waals surface area contributed by atoms with Crippen LogP contribution in [0.5, 0.6) is 0 Å². The average Bonchev–Trinajstić information content (AvgIpc) is 2.58. The van der Waals surface area contributed by atoms with E-state index in [4.69, 9.17) is 0 Å². The van der Waals surface area contributed by atoms with E-state index in [1.807, 2.05) is 24.3 Å². The van der Waals surface area contributed by atoms with Crippen LogP contribution in [0.25, 0.3) is 6.08 Å². The zero-order valence-electron chi connectivity index (χ0n) is 13.4. The molecule has 0 N–H and O–H groups in total. The van der Waals surface area contributed by atoms with Crippen molar-refractivity contribution in [2.45, 2.75) is 6.92 Å². The molecule has 1 aliphatic heterocycles. The Balaban J connectivity index is 2.38. The van der Waals surface area contributed by atoms with E-state index in [9.17, 15) is 4.79 Å². The van der Waals surface area contributed by atoms with Gasteiger partial charge in [-0.3, -0.25) is 19.7 Å². The summed E-state index contributed by atoms with van der Waals surface area (Å²) >= 11 is 0. The fourth-order valence-electron chi connectivity index (χ4n) is 2.42. The minimum Gasteiger partial charge on any atom is -0.295 e. The van der Waals surface area contributed by atoms with Crippen molar-refractivity contribution in [2.24, 2.45) is 4.99 Å². The minimum absolute atomic E-state index is 0.0407. The normalized spacial score (nSPS) is 20.0. The summed E-state index contributed by atoms with van der Waals surface area (Å²) in [4.78, 5) is 23.1. The number of aliphatic imine (C=N–C) groups is 1. The Morgan fingerprint density at radius 2 is 2.17 bits per heavy atom. The zero-order valence-corrected chi connectivity index (χ0v) is 13.4. The predicted octanol–water partition coefficient (Wildman–Crippen LogP) is 3.07. The highest BCUT2D eigenvalue weighted by molar-refractivity contribution is 6.12. The highest BCUT2D eigenvalue weighted by Gasteiger charge is 2.25. The number of likely N-dealkylation sites (N-methyl/N-ethyl adjacent to an activating group) is 1. The number of rotatable bonds is 5. The van der Waals surface area contributed by atoms with Gasteiger partial charge in [-0.1, -0.05) is 25.6 Å². The Morgan fingerprint density at radius 3 is 2.78 bits per heavy atom. The molecule has 1 aromatic rings. The second-order valence-corrected chi connectivity index (χ2v) is 5.21. The van der Waals surface area contributed by atoms with E-state index in [-0.39, 0.29) is 5.78 Å². The molecular weight excluding hydrogens is 286 g/mol. The van der Waals surface area contributed by atoms with Crippen molar-refractivity contribution >= 4 is 18.6 Å². The molecule has 0 radical (unpaired) electrons. The number of hydrogen-bond donors (Lipinski definition) is 0. The third-order valence-corrected chi connectivity index (χ3v) is 3.62. The Bertz CT molecular complexity index is 684. The highest BCUT2D eigenvalue weighted by atomic mass is 16.1. The molecule has 0 saturated carbocycles. The highest BCUT2D eigenvalue weighted by Crippen LogP contribution is 2.20. The third-order valence-electron chi connectivity index (χ3n) is 3.62. The lowest BCUT2D eigenvalue weighted by Crippen LogP contribution is -2.37. The molecule has 0 aromatic carbocycles. The second kappa shape index (κ2) is 8.15. The van der Waals surface area contributed by atoms with Gasteiger partial charge in [0.2, 0.25) is 0 Å². The Labute approximate surface area is 137 Å². The van der Waals surface area contributed by atoms with Gasteiger partial charge in [0, 0.05) is 30.4 Å². The second-order valence-electron chi connectivity index (χ2n) is 5.21. The van der Waals surface area contributed by atoms with E-state index in [1.54, 1.807) is 24.4 Å². The number of carbonyl (C=O) groups is 1. The molecule has 0 bridgehead atoms. The topological polar surface area (TPSA) is 45.6 Å². The molecule has 0 atom stereocenters. The van der Waals surface area contributed by atoms with Crippen molar-refractivity contribution in [3.8, 4) is 0 Å². The molecule has 0 unspecified atom stereocenters. The predicted molar refractivity (Wildman–Crippen MR) is 95.2 cm³/mol. The molecule has 4 heteroatoms. The van der Waals surface area contributed by atoms with E-state index >= 15 is 0 Å². The van der Waals surface area contributed by atoms with Gasteiger partial charge >= 0.3 is 0 Å². The number of pyridine rings is 1. The van der Waals surface area contributed by atoms with Gasteiger partial charge in [0.05, 0.1) is 11.4 Å². The lowest BCUT2D eigenvalue weighted by atomic mass is 9.96. The smallest absolute Gasteiger partial charge is 0.187 e. The number of Topliss-reactive ketones (excluding diaryl/α,β-unsaturated/α-hetero) is 1. The maximum atomic E-state index is 12.7. The molecule has 2 heterocycles. The lowest BCUT2D eigenvalue weighted by molar-refractivity contribution is -0.113. The number of piperidine rings is 1. The summed E-state index contributed by atoms with van der Waals surface area (Å²) in [5.74, 6) is 0.0407. The van der Waals surface area contributed by atoms with E-state index < -0.39 is 0 Å². The van der Waals surface area contributed by atoms with Gasteiger partial charge in [-0.05, 0) is 43.6 Å². The summed E-state index contributed by atoms with van der Waals surface area (Å²) in [7, 11) is 0. The molecular formula is C19H21N3O. The van der Waals surface area contributed by atoms with Crippen LogP contribution in [0.2, 0.25) is 0 Å². The average molecular weight is 307 g/mol. The van der Waals surface area contributed by atoms with Crippen LogP contribution in [0.4, 0.5) is 0 Å². The van der Waals surface area contributed by atoms with E-state index in [0.717, 1.165) is 17.8 Å². The summed E-state index contributed by atoms with van der Waals surface area (Å²) in [5, 5.41) is 0. The molecule has 4 nitrogen and oxygen atoms in total. The quantitative estimate of drug-likeness (QED) is 0.477. The van der Waals surface area contributed by atoms with Crippen molar-refractivity contribution < 1.29 is 4.79 Å². The molecule has 23 heavy (non-hydrogen) atoms. The number of ketones is 1. The van der Waals surface area contributed by atoms with Crippen LogP contribution in [0.3, 0.4) is 0 Å². The number of carbonyl (C=O) groups excluding carboxylic acids is 1. The third kappa shape index (κ3) is 4.44. The molecule has 0 aliphatic carbocycles. The first-order valence-electron chi connectivity index (χ1n) is 7.56. The first-order chi connectivity index (χ1) is 11.2. The Hall–Kier alpha value is -2.59. The molecule has 1 aliphatic rings. The lowest BCUT2D eigenvalue weighted by Gasteiger charge is -2.28. The fraction of sp³-hybridized carbons (Fsp3) is 0.211. The fourth-order valence-corrected chi connectivity index (χ4v) is 2.42. The number of allylic oxidation sites excluding steroid dienone is 3. The number of aromatic nitrogens is 1. The first kappa shape index (κ1) is 16.8. The molecule has 118 valence electrons. The monoisotopic (exact) mass is 307 g/mol. The van der Waals surface area contributed by atoms with Crippen LogP contribution in [-0.2, 0) is 4.79 Å².